The van der Waals surface area contributed by atoms with Crippen LogP contribution in [0.5, 0.6) is 0 Å². The maximum Gasteiger partial charge on any atom is 0.111 e. The molecule has 0 aromatic carbocycles. The average molecular weight is 803 g/mol. The van der Waals surface area contributed by atoms with Crippen molar-refractivity contribution in [1.82, 2.24) is 10.2 Å². The third-order valence-electron chi connectivity index (χ3n) is 7.55. The normalized spacial score (nSPS) is 20.3. The molecule has 0 aliphatic heterocycles. The number of ether oxygens (including phenoxy) is 5. The number of aliphatic hydroxyl groups is 16. The Hall–Kier alpha value is -0.920. The average Bonchev–Trinajstić information content (AvgIpc) is 3.12. The van der Waals surface area contributed by atoms with Crippen LogP contribution in [0, 0.1) is 0 Å². The first-order valence-corrected chi connectivity index (χ1v) is 17.5. The van der Waals surface area contributed by atoms with Crippen LogP contribution in [0.4, 0.5) is 0 Å². The predicted molar refractivity (Wildman–Crippen MR) is 183 cm³/mol. The zero-order valence-corrected chi connectivity index (χ0v) is 30.5. The molecular formula is C31H66N2O21. The van der Waals surface area contributed by atoms with Gasteiger partial charge in [-0.1, -0.05) is 0 Å². The van der Waals surface area contributed by atoms with Crippen molar-refractivity contribution >= 4 is 0 Å². The Morgan fingerprint density at radius 2 is 0.630 bits per heavy atom. The Kier molecular flexibility index (Phi) is 30.6. The van der Waals surface area contributed by atoms with Crippen LogP contribution < -0.4 is 5.32 Å². The Morgan fingerprint density at radius 1 is 0.370 bits per heavy atom. The van der Waals surface area contributed by atoms with Crippen molar-refractivity contribution in [3.63, 3.8) is 0 Å². The van der Waals surface area contributed by atoms with Crippen LogP contribution in [0.3, 0.4) is 0 Å². The topological polar surface area (TPSA) is 385 Å². The van der Waals surface area contributed by atoms with Crippen LogP contribution in [-0.2, 0) is 23.7 Å². The minimum absolute atomic E-state index is 0.0333. The lowest BCUT2D eigenvalue weighted by atomic mass is 10.0. The van der Waals surface area contributed by atoms with Crippen molar-refractivity contribution < 1.29 is 105 Å². The van der Waals surface area contributed by atoms with E-state index in [4.69, 9.17) is 33.9 Å². The standard InChI is InChI=1S/C31H66N2O21/c1-32-2-18(36)8-50-10-20(38)12-52-14-22(40)16-54-17-23(41)15-53-13-21(39)11-51-9-19(37)3-33(4-24(42)28(46)30(48)26(44)6-34)5-25(43)29(47)31(49)27(45)7-35/h18-32,34-49H,2-17H2,1H3/t18?,19?,20?,21?,22?,23?,24-,25-,26+,27+,28+,29+,30+,31+/m0/s1. The molecule has 0 aliphatic rings. The van der Waals surface area contributed by atoms with E-state index in [-0.39, 0.29) is 59.5 Å². The summed E-state index contributed by atoms with van der Waals surface area (Å²) in [5.74, 6) is 0. The molecule has 23 nitrogen and oxygen atoms in total. The summed E-state index contributed by atoms with van der Waals surface area (Å²) in [5, 5.41) is 161. The highest BCUT2D eigenvalue weighted by molar-refractivity contribution is 4.86. The maximum absolute atomic E-state index is 10.5. The summed E-state index contributed by atoms with van der Waals surface area (Å²) in [6.45, 7) is -5.25. The summed E-state index contributed by atoms with van der Waals surface area (Å²) in [6, 6.07) is 0. The van der Waals surface area contributed by atoms with Gasteiger partial charge in [0.05, 0.1) is 104 Å². The van der Waals surface area contributed by atoms with Gasteiger partial charge < -0.3 is 111 Å². The number of likely N-dealkylation sites (N-methyl/N-ethyl adjacent to an activating group) is 1. The van der Waals surface area contributed by atoms with Gasteiger partial charge in [-0.2, -0.15) is 0 Å². The monoisotopic (exact) mass is 802 g/mol. The fourth-order valence-electron chi connectivity index (χ4n) is 4.63. The zero-order valence-electron chi connectivity index (χ0n) is 30.5. The molecule has 0 bridgehead atoms. The Morgan fingerprint density at radius 3 is 0.907 bits per heavy atom. The number of aliphatic hydroxyl groups excluding tert-OH is 16. The van der Waals surface area contributed by atoms with E-state index in [1.807, 2.05) is 0 Å². The molecule has 54 heavy (non-hydrogen) atoms. The molecule has 23 heteroatoms. The van der Waals surface area contributed by atoms with Gasteiger partial charge in [0.15, 0.2) is 0 Å². The van der Waals surface area contributed by atoms with Crippen molar-refractivity contribution in [1.29, 1.82) is 0 Å². The first-order chi connectivity index (χ1) is 25.5. The van der Waals surface area contributed by atoms with E-state index in [0.717, 1.165) is 4.90 Å². The number of hydrogen-bond donors (Lipinski definition) is 17. The third-order valence-corrected chi connectivity index (χ3v) is 7.55. The van der Waals surface area contributed by atoms with E-state index in [1.165, 1.54) is 0 Å². The van der Waals surface area contributed by atoms with E-state index in [0.29, 0.717) is 6.54 Å². The van der Waals surface area contributed by atoms with Crippen molar-refractivity contribution in [2.24, 2.45) is 0 Å². The van der Waals surface area contributed by atoms with E-state index in [2.05, 4.69) is 5.32 Å². The van der Waals surface area contributed by atoms with Gasteiger partial charge in [-0.3, -0.25) is 4.90 Å². The van der Waals surface area contributed by atoms with Crippen molar-refractivity contribution in [3.05, 3.63) is 0 Å². The highest BCUT2D eigenvalue weighted by atomic mass is 16.5. The van der Waals surface area contributed by atoms with Gasteiger partial charge in [-0.15, -0.1) is 0 Å². The van der Waals surface area contributed by atoms with Crippen LogP contribution in [0.2, 0.25) is 0 Å². The van der Waals surface area contributed by atoms with Gasteiger partial charge in [0.25, 0.3) is 0 Å². The quantitative estimate of drug-likeness (QED) is 0.0280. The third kappa shape index (κ3) is 24.7. The number of rotatable bonds is 36. The van der Waals surface area contributed by atoms with Crippen molar-refractivity contribution in [2.75, 3.05) is 113 Å². The molecule has 0 saturated carbocycles. The van der Waals surface area contributed by atoms with Crippen molar-refractivity contribution in [3.8, 4) is 0 Å². The smallest absolute Gasteiger partial charge is 0.111 e. The lowest BCUT2D eigenvalue weighted by molar-refractivity contribution is -0.133. The van der Waals surface area contributed by atoms with E-state index in [1.54, 1.807) is 7.05 Å². The summed E-state index contributed by atoms with van der Waals surface area (Å²) < 4.78 is 26.1. The zero-order chi connectivity index (χ0) is 41.2. The lowest BCUT2D eigenvalue weighted by Gasteiger charge is -2.34. The second-order valence-corrected chi connectivity index (χ2v) is 13.0. The summed E-state index contributed by atoms with van der Waals surface area (Å²) in [6.07, 6.45) is -21.7. The second kappa shape index (κ2) is 31.1. The first kappa shape index (κ1) is 53.1. The summed E-state index contributed by atoms with van der Waals surface area (Å²) >= 11 is 0. The maximum atomic E-state index is 10.5. The Balaban J connectivity index is 4.57. The van der Waals surface area contributed by atoms with Crippen LogP contribution in [0.1, 0.15) is 0 Å². The van der Waals surface area contributed by atoms with Gasteiger partial charge in [-0.25, -0.2) is 0 Å². The molecule has 0 radical (unpaired) electrons. The molecule has 14 atom stereocenters. The number of hydrogen-bond acceptors (Lipinski definition) is 23. The molecule has 0 aliphatic carbocycles. The van der Waals surface area contributed by atoms with Crippen LogP contribution in [-0.4, -0.2) is 285 Å². The van der Waals surface area contributed by atoms with Gasteiger partial charge in [0, 0.05) is 26.2 Å². The van der Waals surface area contributed by atoms with Gasteiger partial charge in [-0.05, 0) is 7.05 Å². The fraction of sp³-hybridized carbons (Fsp3) is 1.00. The van der Waals surface area contributed by atoms with Crippen LogP contribution in [0.25, 0.3) is 0 Å². The molecule has 0 saturated heterocycles. The Bertz CT molecular complexity index is 846. The number of nitrogens with zero attached hydrogens (tertiary/aromatic N) is 1. The van der Waals surface area contributed by atoms with Gasteiger partial charge in [0.1, 0.15) is 61.0 Å². The van der Waals surface area contributed by atoms with Crippen molar-refractivity contribution in [2.45, 2.75) is 85.5 Å². The van der Waals surface area contributed by atoms with E-state index >= 15 is 0 Å². The van der Waals surface area contributed by atoms with E-state index in [9.17, 15) is 71.5 Å². The molecule has 0 rings (SSSR count). The summed E-state index contributed by atoms with van der Waals surface area (Å²) in [5.41, 5.74) is 0. The molecular weight excluding hydrogens is 736 g/mol. The predicted octanol–water partition coefficient (Wildman–Crippen LogP) is -10.4. The summed E-state index contributed by atoms with van der Waals surface area (Å²) in [4.78, 5) is 1.09. The van der Waals surface area contributed by atoms with E-state index < -0.39 is 125 Å². The SMILES string of the molecule is CNCC(O)COCC(O)COCC(O)COCC(O)COCC(O)COCC(O)CN(C[C@H](O)[C@@H](O)[C@H](O)[C@H](O)CO)C[C@H](O)[C@@H](O)[C@H](O)[C@H](O)CO. The van der Waals surface area contributed by atoms with Gasteiger partial charge in [0.2, 0.25) is 0 Å². The molecule has 0 amide bonds. The first-order valence-electron chi connectivity index (χ1n) is 17.5. The molecule has 0 fully saturated rings. The largest absolute Gasteiger partial charge is 0.394 e. The highest BCUT2D eigenvalue weighted by Crippen LogP contribution is 2.12. The Labute approximate surface area is 313 Å². The molecule has 6 unspecified atom stereocenters. The van der Waals surface area contributed by atoms with Crippen LogP contribution >= 0.6 is 0 Å². The summed E-state index contributed by atoms with van der Waals surface area (Å²) in [7, 11) is 1.68. The lowest BCUT2D eigenvalue weighted by Crippen LogP contribution is -2.54. The highest BCUT2D eigenvalue weighted by Gasteiger charge is 2.35. The minimum atomic E-state index is -2.01. The number of nitrogens with one attached hydrogen (secondary N) is 1. The molecule has 17 N–H and O–H groups in total. The molecule has 0 aromatic rings. The fourth-order valence-corrected chi connectivity index (χ4v) is 4.63. The molecule has 0 aromatic heterocycles. The molecule has 0 spiro atoms. The van der Waals surface area contributed by atoms with Gasteiger partial charge >= 0.3 is 0 Å². The molecule has 0 heterocycles. The van der Waals surface area contributed by atoms with Crippen LogP contribution in [0.15, 0.2) is 0 Å². The second-order valence-electron chi connectivity index (χ2n) is 13.0. The minimum Gasteiger partial charge on any atom is -0.394 e. The molecule has 326 valence electrons.